The molecule has 4 nitrogen and oxygen atoms in total. The van der Waals surface area contributed by atoms with Gasteiger partial charge in [0.25, 0.3) is 0 Å². The average Bonchev–Trinajstić information content (AvgIpc) is 1.85. The smallest absolute Gasteiger partial charge is 0.407 e. The number of likely N-dealkylation sites (tertiary alicyclic amines) is 1. The van der Waals surface area contributed by atoms with E-state index < -0.39 is 6.09 Å². The van der Waals surface area contributed by atoms with Gasteiger partial charge in [-0.05, 0) is 6.92 Å². The number of piperidine rings is 1. The van der Waals surface area contributed by atoms with Crippen LogP contribution in [0.2, 0.25) is 0 Å². The Morgan fingerprint density at radius 2 is 2.36 bits per heavy atom. The Kier molecular flexibility index (Phi) is 2.12. The van der Waals surface area contributed by atoms with Crippen molar-refractivity contribution in [3.05, 3.63) is 0 Å². The molecule has 0 radical (unpaired) electrons. The van der Waals surface area contributed by atoms with Gasteiger partial charge in [0.2, 0.25) is 0 Å². The minimum atomic E-state index is -0.926. The summed E-state index contributed by atoms with van der Waals surface area (Å²) in [6.45, 7) is 2.11. The summed E-state index contributed by atoms with van der Waals surface area (Å²) < 4.78 is 0. The first-order chi connectivity index (χ1) is 5.11. The van der Waals surface area contributed by atoms with Crippen molar-refractivity contribution in [2.45, 2.75) is 25.8 Å². The van der Waals surface area contributed by atoms with Gasteiger partial charge in [-0.25, -0.2) is 4.79 Å². The number of hydrogen-bond acceptors (Lipinski definition) is 2. The highest BCUT2D eigenvalue weighted by Crippen LogP contribution is 2.13. The molecule has 0 spiro atoms. The Morgan fingerprint density at radius 3 is 2.82 bits per heavy atom. The zero-order chi connectivity index (χ0) is 8.43. The van der Waals surface area contributed by atoms with Crippen LogP contribution in [0.25, 0.3) is 0 Å². The number of carbonyl (C=O) groups is 2. The summed E-state index contributed by atoms with van der Waals surface area (Å²) >= 11 is 0. The second-order valence-electron chi connectivity index (χ2n) is 2.82. The standard InChI is InChI=1S/C7H11NO3/c1-5-4-6(9)2-3-8(5)7(10)11/h5H,2-4H2,1H3,(H,10,11). The predicted octanol–water partition coefficient (Wildman–Crippen LogP) is 0.718. The summed E-state index contributed by atoms with van der Waals surface area (Å²) in [6.07, 6.45) is -0.187. The van der Waals surface area contributed by atoms with E-state index in [1.54, 1.807) is 6.92 Å². The number of hydrogen-bond donors (Lipinski definition) is 1. The Labute approximate surface area is 64.8 Å². The summed E-state index contributed by atoms with van der Waals surface area (Å²) in [5, 5.41) is 8.61. The lowest BCUT2D eigenvalue weighted by Crippen LogP contribution is -2.44. The van der Waals surface area contributed by atoms with E-state index in [0.717, 1.165) is 0 Å². The highest BCUT2D eigenvalue weighted by Gasteiger charge is 2.26. The summed E-state index contributed by atoms with van der Waals surface area (Å²) in [6, 6.07) is -0.145. The molecule has 1 heterocycles. The summed E-state index contributed by atoms with van der Waals surface area (Å²) in [5.74, 6) is 0.162. The van der Waals surface area contributed by atoms with E-state index in [1.165, 1.54) is 4.90 Å². The van der Waals surface area contributed by atoms with E-state index in [-0.39, 0.29) is 11.8 Å². The molecule has 4 heteroatoms. The maximum Gasteiger partial charge on any atom is 0.407 e. The second kappa shape index (κ2) is 2.90. The molecule has 0 aromatic rings. The molecule has 11 heavy (non-hydrogen) atoms. The molecule has 0 saturated carbocycles. The van der Waals surface area contributed by atoms with Crippen LogP contribution in [0.3, 0.4) is 0 Å². The number of rotatable bonds is 0. The summed E-state index contributed by atoms with van der Waals surface area (Å²) in [7, 11) is 0. The van der Waals surface area contributed by atoms with Crippen LogP contribution in [0.5, 0.6) is 0 Å². The Balaban J connectivity index is 2.57. The van der Waals surface area contributed by atoms with Crippen molar-refractivity contribution in [2.75, 3.05) is 6.54 Å². The van der Waals surface area contributed by atoms with Crippen LogP contribution >= 0.6 is 0 Å². The van der Waals surface area contributed by atoms with Crippen molar-refractivity contribution in [1.29, 1.82) is 0 Å². The molecule has 0 aromatic carbocycles. The highest BCUT2D eigenvalue weighted by molar-refractivity contribution is 5.81. The molecule has 0 aliphatic carbocycles. The van der Waals surface area contributed by atoms with Gasteiger partial charge in [0.05, 0.1) is 0 Å². The van der Waals surface area contributed by atoms with Crippen LogP contribution in [-0.2, 0) is 4.79 Å². The van der Waals surface area contributed by atoms with E-state index in [4.69, 9.17) is 5.11 Å². The summed E-state index contributed by atoms with van der Waals surface area (Å²) in [4.78, 5) is 22.6. The van der Waals surface area contributed by atoms with Crippen LogP contribution in [0.15, 0.2) is 0 Å². The number of Topliss-reactive ketones (excluding diaryl/α,β-unsaturated/α-hetero) is 1. The topological polar surface area (TPSA) is 57.6 Å². The maximum atomic E-state index is 10.8. The molecule has 1 N–H and O–H groups in total. The predicted molar refractivity (Wildman–Crippen MR) is 38.4 cm³/mol. The van der Waals surface area contributed by atoms with Crippen LogP contribution < -0.4 is 0 Å². The van der Waals surface area contributed by atoms with Gasteiger partial charge in [0, 0.05) is 25.4 Å². The first kappa shape index (κ1) is 8.04. The fraction of sp³-hybridized carbons (Fsp3) is 0.714. The van der Waals surface area contributed by atoms with E-state index in [2.05, 4.69) is 0 Å². The molecule has 1 unspecified atom stereocenters. The van der Waals surface area contributed by atoms with E-state index in [9.17, 15) is 9.59 Å². The fourth-order valence-electron chi connectivity index (χ4n) is 1.29. The number of amides is 1. The van der Waals surface area contributed by atoms with Gasteiger partial charge in [-0.1, -0.05) is 0 Å². The van der Waals surface area contributed by atoms with Gasteiger partial charge in [-0.3, -0.25) is 4.79 Å². The van der Waals surface area contributed by atoms with Gasteiger partial charge >= 0.3 is 6.09 Å². The quantitative estimate of drug-likeness (QED) is 0.563. The zero-order valence-electron chi connectivity index (χ0n) is 6.41. The SMILES string of the molecule is CC1CC(=O)CCN1C(=O)O. The van der Waals surface area contributed by atoms with Crippen molar-refractivity contribution in [2.24, 2.45) is 0 Å². The summed E-state index contributed by atoms with van der Waals surface area (Å²) in [5.41, 5.74) is 0. The Morgan fingerprint density at radius 1 is 1.73 bits per heavy atom. The molecule has 1 saturated heterocycles. The van der Waals surface area contributed by atoms with Gasteiger partial charge < -0.3 is 10.0 Å². The molecule has 1 atom stereocenters. The Bertz CT molecular complexity index is 190. The van der Waals surface area contributed by atoms with Crippen molar-refractivity contribution < 1.29 is 14.7 Å². The number of ketones is 1. The fourth-order valence-corrected chi connectivity index (χ4v) is 1.29. The lowest BCUT2D eigenvalue weighted by atomic mass is 10.0. The molecule has 1 amide bonds. The minimum Gasteiger partial charge on any atom is -0.465 e. The van der Waals surface area contributed by atoms with Crippen molar-refractivity contribution >= 4 is 11.9 Å². The molecule has 1 aliphatic heterocycles. The molecule has 62 valence electrons. The zero-order valence-corrected chi connectivity index (χ0v) is 6.41. The molecular formula is C7H11NO3. The first-order valence-corrected chi connectivity index (χ1v) is 3.62. The average molecular weight is 157 g/mol. The third-order valence-electron chi connectivity index (χ3n) is 1.93. The second-order valence-corrected chi connectivity index (χ2v) is 2.82. The highest BCUT2D eigenvalue weighted by atomic mass is 16.4. The van der Waals surface area contributed by atoms with Gasteiger partial charge in [0.15, 0.2) is 0 Å². The number of carboxylic acid groups (broad SMARTS) is 1. The lowest BCUT2D eigenvalue weighted by molar-refractivity contribution is -0.122. The maximum absolute atomic E-state index is 10.8. The molecule has 0 aromatic heterocycles. The molecule has 0 bridgehead atoms. The van der Waals surface area contributed by atoms with E-state index >= 15 is 0 Å². The van der Waals surface area contributed by atoms with Crippen molar-refractivity contribution in [1.82, 2.24) is 4.90 Å². The van der Waals surface area contributed by atoms with Crippen LogP contribution in [0.4, 0.5) is 4.79 Å². The third kappa shape index (κ3) is 1.69. The van der Waals surface area contributed by atoms with Crippen molar-refractivity contribution in [3.8, 4) is 0 Å². The monoisotopic (exact) mass is 157 g/mol. The molecular weight excluding hydrogens is 146 g/mol. The molecule has 1 fully saturated rings. The number of carbonyl (C=O) groups excluding carboxylic acids is 1. The first-order valence-electron chi connectivity index (χ1n) is 3.62. The van der Waals surface area contributed by atoms with Crippen molar-refractivity contribution in [3.63, 3.8) is 0 Å². The Hall–Kier alpha value is -1.06. The lowest BCUT2D eigenvalue weighted by Gasteiger charge is -2.29. The minimum absolute atomic E-state index is 0.145. The normalized spacial score (nSPS) is 25.4. The molecule has 1 aliphatic rings. The van der Waals surface area contributed by atoms with Gasteiger partial charge in [0.1, 0.15) is 5.78 Å². The van der Waals surface area contributed by atoms with Crippen LogP contribution in [0, 0.1) is 0 Å². The molecule has 1 rings (SSSR count). The van der Waals surface area contributed by atoms with Gasteiger partial charge in [-0.15, -0.1) is 0 Å². The van der Waals surface area contributed by atoms with Crippen LogP contribution in [-0.4, -0.2) is 34.5 Å². The van der Waals surface area contributed by atoms with E-state index in [0.29, 0.717) is 19.4 Å². The largest absolute Gasteiger partial charge is 0.465 e. The van der Waals surface area contributed by atoms with Crippen LogP contribution in [0.1, 0.15) is 19.8 Å². The third-order valence-corrected chi connectivity index (χ3v) is 1.93. The van der Waals surface area contributed by atoms with E-state index in [1.807, 2.05) is 0 Å². The number of nitrogens with zero attached hydrogens (tertiary/aromatic N) is 1. The van der Waals surface area contributed by atoms with Gasteiger partial charge in [-0.2, -0.15) is 0 Å².